The maximum absolute atomic E-state index is 12.1. The van der Waals surface area contributed by atoms with E-state index in [-0.39, 0.29) is 23.6 Å². The fourth-order valence-corrected chi connectivity index (χ4v) is 3.46. The number of pyridine rings is 1. The van der Waals surface area contributed by atoms with Crippen molar-refractivity contribution < 1.29 is 22.5 Å². The average Bonchev–Trinajstić information content (AvgIpc) is 3.25. The molecule has 0 saturated heterocycles. The lowest BCUT2D eigenvalue weighted by molar-refractivity contribution is 0.0498. The minimum atomic E-state index is -3.64. The van der Waals surface area contributed by atoms with Gasteiger partial charge in [-0.25, -0.2) is 17.9 Å². The second kappa shape index (κ2) is 9.90. The van der Waals surface area contributed by atoms with Crippen LogP contribution < -0.4 is 4.72 Å². The van der Waals surface area contributed by atoms with Crippen molar-refractivity contribution in [2.24, 2.45) is 0 Å². The number of aryl methyl sites for hydroxylation is 1. The zero-order chi connectivity index (χ0) is 21.4. The number of benzene rings is 1. The minimum Gasteiger partial charge on any atom is -0.462 e. The van der Waals surface area contributed by atoms with Gasteiger partial charge in [0.1, 0.15) is 0 Å². The summed E-state index contributed by atoms with van der Waals surface area (Å²) in [6.07, 6.45) is 5.69. The summed E-state index contributed by atoms with van der Waals surface area (Å²) < 4.78 is 36.8. The van der Waals surface area contributed by atoms with Crippen LogP contribution >= 0.6 is 0 Å². The molecule has 0 aliphatic rings. The van der Waals surface area contributed by atoms with E-state index in [2.05, 4.69) is 26.4 Å². The van der Waals surface area contributed by atoms with E-state index >= 15 is 0 Å². The van der Waals surface area contributed by atoms with Gasteiger partial charge < -0.3 is 9.26 Å². The van der Waals surface area contributed by atoms with Crippen LogP contribution in [-0.2, 0) is 21.2 Å². The molecule has 0 amide bonds. The Morgan fingerprint density at radius 2 is 2.03 bits per heavy atom. The molecule has 30 heavy (non-hydrogen) atoms. The Hall–Kier alpha value is -3.37. The highest BCUT2D eigenvalue weighted by atomic mass is 32.2. The number of rotatable bonds is 10. The molecule has 9 nitrogen and oxygen atoms in total. The van der Waals surface area contributed by atoms with Crippen LogP contribution in [0.5, 0.6) is 0 Å². The van der Waals surface area contributed by atoms with Gasteiger partial charge in [-0.1, -0.05) is 11.2 Å². The Morgan fingerprint density at radius 3 is 2.73 bits per heavy atom. The van der Waals surface area contributed by atoms with E-state index in [1.54, 1.807) is 18.5 Å². The van der Waals surface area contributed by atoms with Crippen LogP contribution in [-0.4, -0.2) is 42.7 Å². The predicted octanol–water partition coefficient (Wildman–Crippen LogP) is 2.39. The van der Waals surface area contributed by atoms with Crippen molar-refractivity contribution in [2.45, 2.75) is 17.7 Å². The number of carbonyl (C=O) groups is 1. The average molecular weight is 428 g/mol. The van der Waals surface area contributed by atoms with Crippen LogP contribution in [0, 0.1) is 0 Å². The molecular weight excluding hydrogens is 408 g/mol. The fraction of sp³-hybridized carbons (Fsp3) is 0.200. The number of esters is 1. The first-order valence-electron chi connectivity index (χ1n) is 9.10. The molecule has 1 aromatic carbocycles. The summed E-state index contributed by atoms with van der Waals surface area (Å²) in [6, 6.07) is 9.12. The number of aromatic nitrogens is 3. The quantitative estimate of drug-likeness (QED) is 0.296. The molecule has 3 aromatic rings. The molecule has 2 heterocycles. The molecule has 2 aromatic heterocycles. The first-order valence-corrected chi connectivity index (χ1v) is 10.6. The van der Waals surface area contributed by atoms with E-state index in [1.807, 2.05) is 6.07 Å². The Morgan fingerprint density at radius 1 is 1.23 bits per heavy atom. The van der Waals surface area contributed by atoms with Crippen LogP contribution in [0.2, 0.25) is 0 Å². The van der Waals surface area contributed by atoms with Crippen molar-refractivity contribution >= 4 is 16.0 Å². The van der Waals surface area contributed by atoms with Gasteiger partial charge in [0.2, 0.25) is 21.7 Å². The lowest BCUT2D eigenvalue weighted by Gasteiger charge is -2.06. The topological polar surface area (TPSA) is 124 Å². The summed E-state index contributed by atoms with van der Waals surface area (Å²) in [5.74, 6) is 0.346. The van der Waals surface area contributed by atoms with Crippen LogP contribution in [0.4, 0.5) is 0 Å². The third-order valence-corrected chi connectivity index (χ3v) is 5.41. The molecule has 1 N–H and O–H groups in total. The van der Waals surface area contributed by atoms with E-state index in [4.69, 9.17) is 9.26 Å². The van der Waals surface area contributed by atoms with Crippen LogP contribution in [0.3, 0.4) is 0 Å². The number of nitrogens with one attached hydrogen (secondary N) is 1. The molecule has 0 fully saturated rings. The Balaban J connectivity index is 1.47. The van der Waals surface area contributed by atoms with Gasteiger partial charge in [0.15, 0.2) is 0 Å². The zero-order valence-electron chi connectivity index (χ0n) is 16.0. The summed E-state index contributed by atoms with van der Waals surface area (Å²) in [6.45, 7) is 3.74. The maximum Gasteiger partial charge on any atom is 0.338 e. The fourth-order valence-electron chi connectivity index (χ4n) is 2.46. The van der Waals surface area contributed by atoms with Crippen LogP contribution in [0.1, 0.15) is 22.7 Å². The van der Waals surface area contributed by atoms with Gasteiger partial charge in [0.25, 0.3) is 0 Å². The van der Waals surface area contributed by atoms with E-state index in [0.29, 0.717) is 24.6 Å². The molecule has 3 rings (SSSR count). The molecule has 10 heteroatoms. The molecule has 0 aliphatic heterocycles. The summed E-state index contributed by atoms with van der Waals surface area (Å²) in [5.41, 5.74) is 1.01. The van der Waals surface area contributed by atoms with Crippen molar-refractivity contribution in [1.82, 2.24) is 19.8 Å². The molecule has 0 spiro atoms. The molecule has 0 aliphatic carbocycles. The first kappa shape index (κ1) is 21.3. The number of nitrogens with zero attached hydrogens (tertiary/aromatic N) is 3. The molecule has 0 saturated carbocycles. The van der Waals surface area contributed by atoms with Gasteiger partial charge in [-0.3, -0.25) is 4.98 Å². The second-order valence-corrected chi connectivity index (χ2v) is 7.92. The van der Waals surface area contributed by atoms with Gasteiger partial charge in [-0.15, -0.1) is 6.58 Å². The lowest BCUT2D eigenvalue weighted by Crippen LogP contribution is -2.23. The highest BCUT2D eigenvalue weighted by Gasteiger charge is 2.15. The number of carbonyl (C=O) groups excluding carboxylic acids is 1. The van der Waals surface area contributed by atoms with E-state index in [0.717, 1.165) is 5.56 Å². The molecular formula is C20H20N4O5S. The normalized spacial score (nSPS) is 11.2. The summed E-state index contributed by atoms with van der Waals surface area (Å²) in [7, 11) is -3.64. The number of hydrogen-bond acceptors (Lipinski definition) is 8. The Bertz CT molecular complexity index is 1100. The molecule has 0 atom stereocenters. The van der Waals surface area contributed by atoms with Crippen LogP contribution in [0.25, 0.3) is 11.4 Å². The highest BCUT2D eigenvalue weighted by Crippen LogP contribution is 2.15. The van der Waals surface area contributed by atoms with Gasteiger partial charge in [0.05, 0.1) is 17.1 Å². The monoisotopic (exact) mass is 428 g/mol. The maximum atomic E-state index is 12.1. The molecule has 0 radical (unpaired) electrons. The zero-order valence-corrected chi connectivity index (χ0v) is 16.8. The summed E-state index contributed by atoms with van der Waals surface area (Å²) >= 11 is 0. The third-order valence-electron chi connectivity index (χ3n) is 3.97. The van der Waals surface area contributed by atoms with Crippen molar-refractivity contribution in [3.8, 4) is 11.4 Å². The first-order chi connectivity index (χ1) is 14.5. The van der Waals surface area contributed by atoms with Crippen molar-refractivity contribution in [3.63, 3.8) is 0 Å². The number of ether oxygens (including phenoxy) is 1. The van der Waals surface area contributed by atoms with E-state index in [1.165, 1.54) is 30.3 Å². The van der Waals surface area contributed by atoms with Gasteiger partial charge in [0, 0.05) is 30.9 Å². The molecule has 0 unspecified atom stereocenters. The molecule has 0 bridgehead atoms. The van der Waals surface area contributed by atoms with Crippen molar-refractivity contribution in [3.05, 3.63) is 72.9 Å². The smallest absolute Gasteiger partial charge is 0.338 e. The van der Waals surface area contributed by atoms with E-state index in [9.17, 15) is 13.2 Å². The Labute approximate surface area is 173 Å². The van der Waals surface area contributed by atoms with Crippen LogP contribution in [0.15, 0.2) is 70.9 Å². The number of hydrogen-bond donors (Lipinski definition) is 1. The summed E-state index contributed by atoms with van der Waals surface area (Å²) in [4.78, 5) is 20.5. The Kier molecular flexibility index (Phi) is 7.04. The van der Waals surface area contributed by atoms with Gasteiger partial charge in [-0.05, 0) is 42.8 Å². The van der Waals surface area contributed by atoms with Gasteiger partial charge >= 0.3 is 5.97 Å². The van der Waals surface area contributed by atoms with Crippen molar-refractivity contribution in [2.75, 3.05) is 13.2 Å². The highest BCUT2D eigenvalue weighted by molar-refractivity contribution is 7.89. The predicted molar refractivity (Wildman–Crippen MR) is 108 cm³/mol. The lowest BCUT2D eigenvalue weighted by atomic mass is 10.2. The van der Waals surface area contributed by atoms with E-state index < -0.39 is 16.0 Å². The van der Waals surface area contributed by atoms with Crippen molar-refractivity contribution in [1.29, 1.82) is 0 Å². The largest absolute Gasteiger partial charge is 0.462 e. The molecule has 156 valence electrons. The minimum absolute atomic E-state index is 0.0571. The standard InChI is InChI=1S/C20H20N4O5S/c1-2-11-22-30(26,27)17-9-7-15(8-10-17)20(25)28-13-4-6-18-23-19(24-29-18)16-5-3-12-21-14-16/h2-3,5,7-10,12,14,22H,1,4,6,11,13H2. The summed E-state index contributed by atoms with van der Waals surface area (Å²) in [5, 5.41) is 3.90. The third kappa shape index (κ3) is 5.58. The SMILES string of the molecule is C=CCNS(=O)(=O)c1ccc(C(=O)OCCCc2nc(-c3cccnc3)no2)cc1. The van der Waals surface area contributed by atoms with Gasteiger partial charge in [-0.2, -0.15) is 4.98 Å². The number of sulfonamides is 1. The second-order valence-electron chi connectivity index (χ2n) is 6.16.